The summed E-state index contributed by atoms with van der Waals surface area (Å²) in [6.07, 6.45) is 7.07. The third-order valence-electron chi connectivity index (χ3n) is 3.56. The van der Waals surface area contributed by atoms with Crippen molar-refractivity contribution >= 4 is 23.2 Å². The first-order valence-corrected chi connectivity index (χ1v) is 7.50. The number of hydrogen-bond acceptors (Lipinski definition) is 3. The number of carbonyl (C=O) groups excluding carboxylic acids is 1. The van der Waals surface area contributed by atoms with Crippen LogP contribution in [0.5, 0.6) is 5.75 Å². The largest absolute Gasteiger partial charge is 0.484 e. The molecule has 20 heavy (non-hydrogen) atoms. The summed E-state index contributed by atoms with van der Waals surface area (Å²) in [6, 6.07) is 5.29. The van der Waals surface area contributed by atoms with E-state index in [2.05, 4.69) is 5.32 Å². The maximum atomic E-state index is 11.9. The first-order valence-electron chi connectivity index (χ1n) is 7.12. The van der Waals surface area contributed by atoms with Crippen molar-refractivity contribution in [3.05, 3.63) is 23.2 Å². The number of amides is 1. The van der Waals surface area contributed by atoms with Crippen molar-refractivity contribution in [2.24, 2.45) is 0 Å². The van der Waals surface area contributed by atoms with E-state index in [1.54, 1.807) is 18.2 Å². The molecule has 1 amide bonds. The topological polar surface area (TPSA) is 64.3 Å². The van der Waals surface area contributed by atoms with Gasteiger partial charge in [0, 0.05) is 12.1 Å². The molecule has 0 radical (unpaired) electrons. The maximum absolute atomic E-state index is 11.9. The van der Waals surface area contributed by atoms with Crippen LogP contribution in [0.4, 0.5) is 5.69 Å². The highest BCUT2D eigenvalue weighted by Crippen LogP contribution is 2.24. The zero-order valence-electron chi connectivity index (χ0n) is 11.5. The number of benzene rings is 1. The molecule has 0 saturated heterocycles. The van der Waals surface area contributed by atoms with Gasteiger partial charge in [-0.05, 0) is 25.0 Å². The van der Waals surface area contributed by atoms with E-state index < -0.39 is 0 Å². The fraction of sp³-hybridized carbons (Fsp3) is 0.533. The van der Waals surface area contributed by atoms with E-state index in [1.165, 1.54) is 25.7 Å². The highest BCUT2D eigenvalue weighted by atomic mass is 35.5. The summed E-state index contributed by atoms with van der Waals surface area (Å²) >= 11 is 5.90. The average Bonchev–Trinajstić information content (AvgIpc) is 2.69. The number of halogens is 1. The molecule has 0 spiro atoms. The van der Waals surface area contributed by atoms with E-state index in [-0.39, 0.29) is 12.5 Å². The lowest BCUT2D eigenvalue weighted by molar-refractivity contribution is -0.123. The third kappa shape index (κ3) is 4.60. The molecular formula is C15H21ClN2O2. The molecule has 1 aromatic rings. The van der Waals surface area contributed by atoms with E-state index in [9.17, 15) is 4.79 Å². The Morgan fingerprint density at radius 3 is 2.65 bits per heavy atom. The van der Waals surface area contributed by atoms with E-state index in [1.807, 2.05) is 0 Å². The minimum absolute atomic E-state index is 0.0107. The number of nitrogen functional groups attached to an aromatic ring is 1. The summed E-state index contributed by atoms with van der Waals surface area (Å²) in [5.74, 6) is 0.477. The molecule has 0 unspecified atom stereocenters. The normalized spacial score (nSPS) is 16.4. The summed E-state index contributed by atoms with van der Waals surface area (Å²) < 4.78 is 5.42. The molecule has 1 fully saturated rings. The molecule has 5 heteroatoms. The highest BCUT2D eigenvalue weighted by molar-refractivity contribution is 6.33. The second-order valence-electron chi connectivity index (χ2n) is 5.23. The van der Waals surface area contributed by atoms with Gasteiger partial charge in [-0.2, -0.15) is 0 Å². The lowest BCUT2D eigenvalue weighted by Gasteiger charge is -2.16. The third-order valence-corrected chi connectivity index (χ3v) is 3.89. The number of hydrogen-bond donors (Lipinski definition) is 2. The van der Waals surface area contributed by atoms with Gasteiger partial charge in [-0.3, -0.25) is 4.79 Å². The Morgan fingerprint density at radius 2 is 2.00 bits per heavy atom. The minimum atomic E-state index is -0.0788. The lowest BCUT2D eigenvalue weighted by atomic mass is 10.1. The molecule has 1 aliphatic rings. The molecule has 0 bridgehead atoms. The second kappa shape index (κ2) is 7.39. The summed E-state index contributed by atoms with van der Waals surface area (Å²) in [7, 11) is 0. The van der Waals surface area contributed by atoms with Gasteiger partial charge in [0.25, 0.3) is 5.91 Å². The molecular weight excluding hydrogens is 276 g/mol. The van der Waals surface area contributed by atoms with Crippen LogP contribution < -0.4 is 15.8 Å². The summed E-state index contributed by atoms with van der Waals surface area (Å²) in [4.78, 5) is 11.9. The van der Waals surface area contributed by atoms with Crippen molar-refractivity contribution in [1.29, 1.82) is 0 Å². The SMILES string of the molecule is Nc1ccc(OCC(=O)NC2CCCCCC2)cc1Cl. The molecule has 2 rings (SSSR count). The van der Waals surface area contributed by atoms with Gasteiger partial charge in [0.15, 0.2) is 6.61 Å². The van der Waals surface area contributed by atoms with Crippen molar-refractivity contribution in [1.82, 2.24) is 5.32 Å². The number of carbonyl (C=O) groups is 1. The maximum Gasteiger partial charge on any atom is 0.258 e. The van der Waals surface area contributed by atoms with Crippen LogP contribution in [0.2, 0.25) is 5.02 Å². The van der Waals surface area contributed by atoms with Gasteiger partial charge in [0.1, 0.15) is 5.75 Å². The highest BCUT2D eigenvalue weighted by Gasteiger charge is 2.14. The van der Waals surface area contributed by atoms with Crippen molar-refractivity contribution in [2.75, 3.05) is 12.3 Å². The Morgan fingerprint density at radius 1 is 1.30 bits per heavy atom. The van der Waals surface area contributed by atoms with E-state index in [4.69, 9.17) is 22.1 Å². The van der Waals surface area contributed by atoms with E-state index in [0.717, 1.165) is 12.8 Å². The smallest absolute Gasteiger partial charge is 0.258 e. The fourth-order valence-corrected chi connectivity index (χ4v) is 2.61. The number of anilines is 1. The van der Waals surface area contributed by atoms with Crippen LogP contribution in [-0.4, -0.2) is 18.6 Å². The van der Waals surface area contributed by atoms with Gasteiger partial charge < -0.3 is 15.8 Å². The van der Waals surface area contributed by atoms with Gasteiger partial charge in [0.05, 0.1) is 10.7 Å². The zero-order valence-corrected chi connectivity index (χ0v) is 12.3. The number of ether oxygens (including phenoxy) is 1. The molecule has 110 valence electrons. The number of nitrogens with one attached hydrogen (secondary N) is 1. The molecule has 0 aliphatic heterocycles. The van der Waals surface area contributed by atoms with Crippen molar-refractivity contribution < 1.29 is 9.53 Å². The monoisotopic (exact) mass is 296 g/mol. The predicted molar refractivity (Wildman–Crippen MR) is 81.0 cm³/mol. The average molecular weight is 297 g/mol. The van der Waals surface area contributed by atoms with Gasteiger partial charge in [-0.15, -0.1) is 0 Å². The van der Waals surface area contributed by atoms with Gasteiger partial charge in [-0.25, -0.2) is 0 Å². The lowest BCUT2D eigenvalue weighted by Crippen LogP contribution is -2.37. The molecule has 0 atom stereocenters. The number of nitrogens with two attached hydrogens (primary N) is 1. The molecule has 1 aliphatic carbocycles. The van der Waals surface area contributed by atoms with Crippen molar-refractivity contribution in [3.8, 4) is 5.75 Å². The van der Waals surface area contributed by atoms with Crippen LogP contribution in [0.3, 0.4) is 0 Å². The van der Waals surface area contributed by atoms with Crippen LogP contribution in [0.1, 0.15) is 38.5 Å². The Balaban J connectivity index is 1.77. The molecule has 0 aromatic heterocycles. The zero-order chi connectivity index (χ0) is 14.4. The number of rotatable bonds is 4. The van der Waals surface area contributed by atoms with Crippen LogP contribution in [0, 0.1) is 0 Å². The second-order valence-corrected chi connectivity index (χ2v) is 5.64. The van der Waals surface area contributed by atoms with Crippen LogP contribution in [0.25, 0.3) is 0 Å². The summed E-state index contributed by atoms with van der Waals surface area (Å²) in [6.45, 7) is 0.0107. The first-order chi connectivity index (χ1) is 9.65. The molecule has 3 N–H and O–H groups in total. The molecule has 0 heterocycles. The summed E-state index contributed by atoms with van der Waals surface area (Å²) in [5, 5.41) is 3.47. The van der Waals surface area contributed by atoms with Gasteiger partial charge in [-0.1, -0.05) is 37.3 Å². The van der Waals surface area contributed by atoms with Gasteiger partial charge in [0.2, 0.25) is 0 Å². The summed E-state index contributed by atoms with van der Waals surface area (Å²) in [5.41, 5.74) is 6.12. The quantitative estimate of drug-likeness (QED) is 0.663. The minimum Gasteiger partial charge on any atom is -0.484 e. The van der Waals surface area contributed by atoms with Crippen LogP contribution in [0.15, 0.2) is 18.2 Å². The predicted octanol–water partition coefficient (Wildman–Crippen LogP) is 3.14. The molecule has 1 aromatic carbocycles. The van der Waals surface area contributed by atoms with Gasteiger partial charge >= 0.3 is 0 Å². The Kier molecular flexibility index (Phi) is 5.53. The Bertz CT molecular complexity index is 457. The Hall–Kier alpha value is -1.42. The fourth-order valence-electron chi connectivity index (χ4n) is 2.44. The first kappa shape index (κ1) is 15.0. The van der Waals surface area contributed by atoms with Crippen LogP contribution >= 0.6 is 11.6 Å². The van der Waals surface area contributed by atoms with E-state index >= 15 is 0 Å². The van der Waals surface area contributed by atoms with Crippen LogP contribution in [-0.2, 0) is 4.79 Å². The van der Waals surface area contributed by atoms with Crippen molar-refractivity contribution in [2.45, 2.75) is 44.6 Å². The van der Waals surface area contributed by atoms with Crippen molar-refractivity contribution in [3.63, 3.8) is 0 Å². The van der Waals surface area contributed by atoms with E-state index in [0.29, 0.717) is 22.5 Å². The molecule has 4 nitrogen and oxygen atoms in total. The standard InChI is InChI=1S/C15H21ClN2O2/c16-13-9-12(7-8-14(13)17)20-10-15(19)18-11-5-3-1-2-4-6-11/h7-9,11H,1-6,10,17H2,(H,18,19). The Labute approximate surface area is 124 Å². The molecule has 1 saturated carbocycles.